The van der Waals surface area contributed by atoms with Crippen LogP contribution in [0, 0.1) is 6.92 Å². The molecule has 0 atom stereocenters. The number of likely N-dealkylation sites (N-methyl/N-ethyl adjacent to an activating group) is 1. The Morgan fingerprint density at radius 2 is 1.75 bits per heavy atom. The van der Waals surface area contributed by atoms with Crippen molar-refractivity contribution in [2.45, 2.75) is 11.8 Å². The Morgan fingerprint density at radius 1 is 1.08 bits per heavy atom. The number of carbonyl (C=O) groups excluding carboxylic acids is 1. The fourth-order valence-electron chi connectivity index (χ4n) is 2.23. The predicted octanol–water partition coefficient (Wildman–Crippen LogP) is 4.95. The van der Waals surface area contributed by atoms with E-state index in [4.69, 9.17) is 0 Å². The van der Waals surface area contributed by atoms with Gasteiger partial charge in [-0.3, -0.25) is 9.69 Å². The third-order valence-corrected chi connectivity index (χ3v) is 5.48. The summed E-state index contributed by atoms with van der Waals surface area (Å²) in [6.45, 7) is 2.04. The van der Waals surface area contributed by atoms with Gasteiger partial charge in [0.05, 0.1) is 10.6 Å². The number of benzene rings is 2. The molecule has 0 spiro atoms. The molecule has 3 nitrogen and oxygen atoms in total. The molecule has 1 aliphatic heterocycles. The van der Waals surface area contributed by atoms with Gasteiger partial charge in [-0.05, 0) is 60.8 Å². The van der Waals surface area contributed by atoms with E-state index in [1.807, 2.05) is 55.7 Å². The zero-order valence-electron chi connectivity index (χ0n) is 13.8. The largest absolute Gasteiger partial charge is 0.290 e. The first-order valence-electron chi connectivity index (χ1n) is 7.54. The van der Waals surface area contributed by atoms with Gasteiger partial charge >= 0.3 is 0 Å². The summed E-state index contributed by atoms with van der Waals surface area (Å²) in [4.78, 5) is 20.5. The number of thioether (sulfide) groups is 2. The minimum Gasteiger partial charge on any atom is -0.290 e. The molecule has 0 aromatic heterocycles. The SMILES string of the molecule is CSc1ccc(/C=C2/SC(=Nc3ccc(C)cc3)N(C)C2=O)cc1. The van der Waals surface area contributed by atoms with Crippen molar-refractivity contribution in [1.29, 1.82) is 0 Å². The number of hydrogen-bond donors (Lipinski definition) is 0. The Bertz CT molecular complexity index is 808. The molecule has 0 unspecified atom stereocenters. The molecule has 0 N–H and O–H groups in total. The molecule has 0 radical (unpaired) electrons. The number of amidine groups is 1. The van der Waals surface area contributed by atoms with Gasteiger partial charge < -0.3 is 0 Å². The average Bonchev–Trinajstić information content (AvgIpc) is 2.86. The van der Waals surface area contributed by atoms with Crippen LogP contribution in [0.5, 0.6) is 0 Å². The maximum atomic E-state index is 12.4. The van der Waals surface area contributed by atoms with Crippen molar-refractivity contribution in [2.75, 3.05) is 13.3 Å². The third-order valence-electron chi connectivity index (χ3n) is 3.68. The van der Waals surface area contributed by atoms with Gasteiger partial charge in [0.15, 0.2) is 5.17 Å². The van der Waals surface area contributed by atoms with E-state index in [1.165, 1.54) is 22.2 Å². The van der Waals surface area contributed by atoms with Crippen LogP contribution in [-0.2, 0) is 4.79 Å². The lowest BCUT2D eigenvalue weighted by molar-refractivity contribution is -0.121. The highest BCUT2D eigenvalue weighted by Gasteiger charge is 2.30. The maximum Gasteiger partial charge on any atom is 0.266 e. The van der Waals surface area contributed by atoms with Gasteiger partial charge in [-0.2, -0.15) is 0 Å². The van der Waals surface area contributed by atoms with Crippen LogP contribution < -0.4 is 0 Å². The van der Waals surface area contributed by atoms with Crippen LogP contribution in [0.2, 0.25) is 0 Å². The van der Waals surface area contributed by atoms with E-state index < -0.39 is 0 Å². The van der Waals surface area contributed by atoms with Gasteiger partial charge in [-0.1, -0.05) is 29.8 Å². The fraction of sp³-hybridized carbons (Fsp3) is 0.158. The van der Waals surface area contributed by atoms with Crippen LogP contribution in [0.25, 0.3) is 6.08 Å². The van der Waals surface area contributed by atoms with Crippen molar-refractivity contribution in [2.24, 2.45) is 4.99 Å². The molecule has 1 fully saturated rings. The molecule has 0 bridgehead atoms. The smallest absolute Gasteiger partial charge is 0.266 e. The van der Waals surface area contributed by atoms with Crippen molar-refractivity contribution >= 4 is 46.4 Å². The van der Waals surface area contributed by atoms with E-state index in [2.05, 4.69) is 17.1 Å². The summed E-state index contributed by atoms with van der Waals surface area (Å²) >= 11 is 3.12. The lowest BCUT2D eigenvalue weighted by Crippen LogP contribution is -2.23. The Hall–Kier alpha value is -1.98. The highest BCUT2D eigenvalue weighted by Crippen LogP contribution is 2.33. The zero-order chi connectivity index (χ0) is 17.1. The first-order valence-corrected chi connectivity index (χ1v) is 9.58. The normalized spacial score (nSPS) is 18.0. The summed E-state index contributed by atoms with van der Waals surface area (Å²) in [5, 5.41) is 0.704. The van der Waals surface area contributed by atoms with Crippen molar-refractivity contribution in [1.82, 2.24) is 4.90 Å². The van der Waals surface area contributed by atoms with Crippen LogP contribution in [-0.4, -0.2) is 29.3 Å². The van der Waals surface area contributed by atoms with Gasteiger partial charge in [0.25, 0.3) is 5.91 Å². The molecule has 0 aliphatic carbocycles. The Morgan fingerprint density at radius 3 is 2.38 bits per heavy atom. The number of amides is 1. The summed E-state index contributed by atoms with van der Waals surface area (Å²) in [6.07, 6.45) is 3.97. The molecule has 0 saturated carbocycles. The van der Waals surface area contributed by atoms with Crippen LogP contribution in [0.1, 0.15) is 11.1 Å². The third kappa shape index (κ3) is 3.74. The predicted molar refractivity (Wildman–Crippen MR) is 105 cm³/mol. The second-order valence-electron chi connectivity index (χ2n) is 5.48. The number of carbonyl (C=O) groups is 1. The van der Waals surface area contributed by atoms with E-state index in [1.54, 1.807) is 23.7 Å². The Balaban J connectivity index is 1.85. The van der Waals surface area contributed by atoms with Crippen LogP contribution >= 0.6 is 23.5 Å². The standard InChI is InChI=1S/C19H18N2OS2/c1-13-4-8-15(9-5-13)20-19-21(2)18(22)17(24-19)12-14-6-10-16(23-3)11-7-14/h4-12H,1-3H3/b17-12+,20-19?. The van der Waals surface area contributed by atoms with E-state index in [9.17, 15) is 4.79 Å². The first kappa shape index (κ1) is 16.9. The molecule has 1 aliphatic rings. The van der Waals surface area contributed by atoms with Crippen molar-refractivity contribution in [3.63, 3.8) is 0 Å². The molecule has 122 valence electrons. The Kier molecular flexibility index (Phi) is 5.11. The molecule has 24 heavy (non-hydrogen) atoms. The minimum atomic E-state index is -0.0141. The number of hydrogen-bond acceptors (Lipinski definition) is 4. The molecule has 2 aromatic carbocycles. The van der Waals surface area contributed by atoms with Gasteiger partial charge in [-0.15, -0.1) is 11.8 Å². The summed E-state index contributed by atoms with van der Waals surface area (Å²) in [5.41, 5.74) is 3.07. The van der Waals surface area contributed by atoms with E-state index in [0.717, 1.165) is 11.3 Å². The Labute approximate surface area is 150 Å². The first-order chi connectivity index (χ1) is 11.6. The maximum absolute atomic E-state index is 12.4. The molecule has 2 aromatic rings. The molecule has 3 rings (SSSR count). The number of rotatable bonds is 3. The summed E-state index contributed by atoms with van der Waals surface area (Å²) < 4.78 is 0. The van der Waals surface area contributed by atoms with Gasteiger partial charge in [0.2, 0.25) is 0 Å². The number of aryl methyl sites for hydroxylation is 1. The van der Waals surface area contributed by atoms with Crippen molar-refractivity contribution in [3.05, 3.63) is 64.6 Å². The second kappa shape index (κ2) is 7.28. The van der Waals surface area contributed by atoms with E-state index >= 15 is 0 Å². The number of aliphatic imine (C=N–C) groups is 1. The molecule has 1 amide bonds. The van der Waals surface area contributed by atoms with Crippen LogP contribution in [0.15, 0.2) is 63.3 Å². The highest BCUT2D eigenvalue weighted by atomic mass is 32.2. The van der Waals surface area contributed by atoms with E-state index in [0.29, 0.717) is 10.1 Å². The average molecular weight is 355 g/mol. The summed E-state index contributed by atoms with van der Waals surface area (Å²) in [6, 6.07) is 16.1. The van der Waals surface area contributed by atoms with Gasteiger partial charge in [-0.25, -0.2) is 4.99 Å². The lowest BCUT2D eigenvalue weighted by atomic mass is 10.2. The van der Waals surface area contributed by atoms with Crippen LogP contribution in [0.4, 0.5) is 5.69 Å². The molecular formula is C19H18N2OS2. The molecule has 1 heterocycles. The highest BCUT2D eigenvalue weighted by molar-refractivity contribution is 8.18. The lowest BCUT2D eigenvalue weighted by Gasteiger charge is -2.07. The molecular weight excluding hydrogens is 336 g/mol. The van der Waals surface area contributed by atoms with Crippen molar-refractivity contribution in [3.8, 4) is 0 Å². The molecule has 5 heteroatoms. The van der Waals surface area contributed by atoms with Crippen LogP contribution in [0.3, 0.4) is 0 Å². The topological polar surface area (TPSA) is 32.7 Å². The second-order valence-corrected chi connectivity index (χ2v) is 7.37. The fourth-order valence-corrected chi connectivity index (χ4v) is 3.63. The minimum absolute atomic E-state index is 0.0141. The van der Waals surface area contributed by atoms with Crippen molar-refractivity contribution < 1.29 is 4.79 Å². The van der Waals surface area contributed by atoms with E-state index in [-0.39, 0.29) is 5.91 Å². The monoisotopic (exact) mass is 354 g/mol. The quantitative estimate of drug-likeness (QED) is 0.577. The summed E-state index contributed by atoms with van der Waals surface area (Å²) in [5.74, 6) is -0.0141. The van der Waals surface area contributed by atoms with Gasteiger partial charge in [0.1, 0.15) is 0 Å². The number of nitrogens with zero attached hydrogens (tertiary/aromatic N) is 2. The summed E-state index contributed by atoms with van der Waals surface area (Å²) in [7, 11) is 1.76. The molecule has 1 saturated heterocycles. The zero-order valence-corrected chi connectivity index (χ0v) is 15.4. The van der Waals surface area contributed by atoms with Gasteiger partial charge in [0, 0.05) is 11.9 Å².